The molecule has 0 aromatic heterocycles. The Labute approximate surface area is 182 Å². The van der Waals surface area contributed by atoms with Crippen LogP contribution < -0.4 is 10.6 Å². The Morgan fingerprint density at radius 1 is 1.03 bits per heavy atom. The average Bonchev–Trinajstić information content (AvgIpc) is 2.99. The lowest BCUT2D eigenvalue weighted by Gasteiger charge is -2.25. The van der Waals surface area contributed by atoms with E-state index in [1.54, 1.807) is 35.2 Å². The fourth-order valence-electron chi connectivity index (χ4n) is 3.41. The van der Waals surface area contributed by atoms with Crippen molar-refractivity contribution in [1.29, 1.82) is 5.41 Å². The molecule has 0 radical (unpaired) electrons. The van der Waals surface area contributed by atoms with Crippen LogP contribution in [0.25, 0.3) is 0 Å². The van der Waals surface area contributed by atoms with Gasteiger partial charge in [-0.2, -0.15) is 0 Å². The second-order valence-corrected chi connectivity index (χ2v) is 7.11. The third-order valence-electron chi connectivity index (χ3n) is 4.93. The number of esters is 1. The molecule has 1 fully saturated rings. The number of hydrogen-bond donors (Lipinski definition) is 2. The number of amides is 1. The third-order valence-corrected chi connectivity index (χ3v) is 4.93. The highest BCUT2D eigenvalue weighted by Gasteiger charge is 2.22. The van der Waals surface area contributed by atoms with Gasteiger partial charge in [0, 0.05) is 37.3 Å². The molecule has 2 aromatic rings. The zero-order valence-electron chi connectivity index (χ0n) is 16.6. The first-order valence-corrected chi connectivity index (χ1v) is 9.81. The van der Waals surface area contributed by atoms with Crippen molar-refractivity contribution in [3.05, 3.63) is 65.5 Å². The maximum Gasteiger partial charge on any atom is 0.313 e. The molecule has 0 bridgehead atoms. The lowest BCUT2D eigenvalue weighted by Crippen LogP contribution is -2.35. The summed E-state index contributed by atoms with van der Waals surface area (Å²) in [6.45, 7) is 1.99. The molecule has 1 saturated heterocycles. The van der Waals surface area contributed by atoms with Crippen LogP contribution in [0, 0.1) is 11.2 Å². The highest BCUT2D eigenvalue weighted by molar-refractivity contribution is 5.95. The van der Waals surface area contributed by atoms with Crippen molar-refractivity contribution in [2.75, 3.05) is 31.1 Å². The minimum atomic E-state index is -0.669. The number of nitrogens with zero attached hydrogens (tertiary/aromatic N) is 2. The summed E-state index contributed by atoms with van der Waals surface area (Å²) in [6, 6.07) is 14.1. The van der Waals surface area contributed by atoms with Crippen molar-refractivity contribution < 1.29 is 18.7 Å². The molecule has 0 saturated carbocycles. The number of nitrogens with one attached hydrogen (secondary N) is 1. The van der Waals surface area contributed by atoms with Crippen LogP contribution in [0.5, 0.6) is 0 Å². The largest absolute Gasteiger partial charge is 0.460 e. The smallest absolute Gasteiger partial charge is 0.313 e. The molecule has 0 aliphatic carbocycles. The summed E-state index contributed by atoms with van der Waals surface area (Å²) in [4.78, 5) is 28.0. The van der Waals surface area contributed by atoms with Crippen LogP contribution in [0.3, 0.4) is 0 Å². The van der Waals surface area contributed by atoms with Crippen molar-refractivity contribution >= 4 is 23.4 Å². The lowest BCUT2D eigenvalue weighted by molar-refractivity contribution is -0.143. The van der Waals surface area contributed by atoms with E-state index in [0.29, 0.717) is 37.4 Å². The molecule has 31 heavy (non-hydrogen) atoms. The third kappa shape index (κ3) is 6.28. The molecule has 8 heteroatoms. The van der Waals surface area contributed by atoms with Gasteiger partial charge in [-0.3, -0.25) is 15.0 Å². The highest BCUT2D eigenvalue weighted by atomic mass is 19.1. The minimum Gasteiger partial charge on any atom is -0.460 e. The van der Waals surface area contributed by atoms with Gasteiger partial charge in [-0.15, -0.1) is 0 Å². The van der Waals surface area contributed by atoms with Gasteiger partial charge in [0.1, 0.15) is 18.9 Å². The number of benzene rings is 2. The number of rotatable bonds is 6. The Morgan fingerprint density at radius 2 is 1.77 bits per heavy atom. The van der Waals surface area contributed by atoms with E-state index in [4.69, 9.17) is 15.9 Å². The fourth-order valence-corrected chi connectivity index (χ4v) is 3.41. The Kier molecular flexibility index (Phi) is 8.54. The molecule has 1 heterocycles. The summed E-state index contributed by atoms with van der Waals surface area (Å²) in [5.74, 6) is -1.44. The number of carbonyl (C=O) groups is 2. The molecule has 1 aliphatic rings. The van der Waals surface area contributed by atoms with Crippen LogP contribution in [0.4, 0.5) is 10.1 Å². The predicted molar refractivity (Wildman–Crippen MR) is 119 cm³/mol. The van der Waals surface area contributed by atoms with Gasteiger partial charge >= 0.3 is 5.97 Å². The van der Waals surface area contributed by atoms with Crippen LogP contribution in [0.2, 0.25) is 0 Å². The van der Waals surface area contributed by atoms with Gasteiger partial charge in [-0.05, 0) is 24.6 Å². The van der Waals surface area contributed by atoms with Gasteiger partial charge in [0.15, 0.2) is 5.82 Å². The summed E-state index contributed by atoms with van der Waals surface area (Å²) in [6.07, 6.45) is 0.397. The number of hydrogen-bond acceptors (Lipinski definition) is 5. The summed E-state index contributed by atoms with van der Waals surface area (Å²) >= 11 is 0. The first kappa shape index (κ1) is 23.9. The predicted octanol–water partition coefficient (Wildman–Crippen LogP) is 3.18. The first-order valence-electron chi connectivity index (χ1n) is 9.81. The van der Waals surface area contributed by atoms with Crippen molar-refractivity contribution in [3.63, 3.8) is 0 Å². The SMILES string of the molecule is C.N=C(N)CC(=O)OCc1cccc(N2CCCN(C(=O)c3ccccc3)CC2)c1F. The fraction of sp³-hybridized carbons (Fsp3) is 0.348. The quantitative estimate of drug-likeness (QED) is 0.418. The Hall–Kier alpha value is -3.42. The molecule has 3 rings (SSSR count). The van der Waals surface area contributed by atoms with Gasteiger partial charge < -0.3 is 20.3 Å². The first-order chi connectivity index (χ1) is 14.5. The lowest BCUT2D eigenvalue weighted by atomic mass is 10.1. The van der Waals surface area contributed by atoms with Crippen LogP contribution in [-0.2, 0) is 16.1 Å². The molecular weight excluding hydrogens is 399 g/mol. The molecule has 2 aromatic carbocycles. The van der Waals surface area contributed by atoms with Crippen LogP contribution in [0.15, 0.2) is 48.5 Å². The van der Waals surface area contributed by atoms with Crippen molar-refractivity contribution in [2.24, 2.45) is 5.73 Å². The van der Waals surface area contributed by atoms with E-state index in [1.807, 2.05) is 23.1 Å². The molecule has 1 amide bonds. The normalized spacial score (nSPS) is 13.7. The topological polar surface area (TPSA) is 99.7 Å². The highest BCUT2D eigenvalue weighted by Crippen LogP contribution is 2.24. The Balaban J connectivity index is 0.00000341. The zero-order chi connectivity index (χ0) is 21.5. The second kappa shape index (κ2) is 11.1. The van der Waals surface area contributed by atoms with E-state index in [-0.39, 0.29) is 37.8 Å². The van der Waals surface area contributed by atoms with Crippen molar-refractivity contribution in [3.8, 4) is 0 Å². The molecule has 0 atom stereocenters. The Morgan fingerprint density at radius 3 is 2.48 bits per heavy atom. The van der Waals surface area contributed by atoms with Gasteiger partial charge in [-0.1, -0.05) is 37.8 Å². The van der Waals surface area contributed by atoms with E-state index >= 15 is 4.39 Å². The van der Waals surface area contributed by atoms with Crippen molar-refractivity contribution in [1.82, 2.24) is 4.90 Å². The summed E-state index contributed by atoms with van der Waals surface area (Å²) in [7, 11) is 0. The van der Waals surface area contributed by atoms with E-state index in [2.05, 4.69) is 0 Å². The van der Waals surface area contributed by atoms with Gasteiger partial charge in [0.25, 0.3) is 5.91 Å². The van der Waals surface area contributed by atoms with Crippen LogP contribution in [-0.4, -0.2) is 48.8 Å². The second-order valence-electron chi connectivity index (χ2n) is 7.11. The standard InChI is InChI=1S/C22H25FN4O3.CH4/c23-21-17(15-30-20(28)14-19(24)25)8-4-9-18(21)26-10-5-11-27(13-12-26)22(29)16-6-2-1-3-7-16;/h1-4,6-9H,5,10-15H2,(H3,24,25);1H4. The number of halogens is 1. The average molecular weight is 429 g/mol. The zero-order valence-corrected chi connectivity index (χ0v) is 16.6. The van der Waals surface area contributed by atoms with Crippen molar-refractivity contribution in [2.45, 2.75) is 26.9 Å². The molecule has 166 valence electrons. The maximum absolute atomic E-state index is 15.0. The summed E-state index contributed by atoms with van der Waals surface area (Å²) in [5.41, 5.74) is 6.49. The van der Waals surface area contributed by atoms with Crippen LogP contribution >= 0.6 is 0 Å². The molecule has 1 aliphatic heterocycles. The number of nitrogens with two attached hydrogens (primary N) is 1. The maximum atomic E-state index is 15.0. The van der Waals surface area contributed by atoms with E-state index < -0.39 is 11.8 Å². The minimum absolute atomic E-state index is 0. The van der Waals surface area contributed by atoms with E-state index in [9.17, 15) is 9.59 Å². The molecule has 3 N–H and O–H groups in total. The molecule has 0 unspecified atom stereocenters. The molecular formula is C23H29FN4O3. The Bertz CT molecular complexity index is 920. The van der Waals surface area contributed by atoms with E-state index in [0.717, 1.165) is 6.42 Å². The van der Waals surface area contributed by atoms with E-state index in [1.165, 1.54) is 0 Å². The number of carbonyl (C=O) groups excluding carboxylic acids is 2. The number of anilines is 1. The van der Waals surface area contributed by atoms with Gasteiger partial charge in [0.05, 0.1) is 5.69 Å². The number of ether oxygens (including phenoxy) is 1. The number of amidine groups is 1. The molecule has 7 nitrogen and oxygen atoms in total. The van der Waals surface area contributed by atoms with Gasteiger partial charge in [-0.25, -0.2) is 4.39 Å². The van der Waals surface area contributed by atoms with Crippen LogP contribution in [0.1, 0.15) is 36.2 Å². The molecule has 0 spiro atoms. The monoisotopic (exact) mass is 428 g/mol. The van der Waals surface area contributed by atoms with Gasteiger partial charge in [0.2, 0.25) is 0 Å². The summed E-state index contributed by atoms with van der Waals surface area (Å²) < 4.78 is 20.1. The summed E-state index contributed by atoms with van der Waals surface area (Å²) in [5, 5.41) is 7.11.